The van der Waals surface area contributed by atoms with Crippen LogP contribution in [0.2, 0.25) is 0 Å². The first kappa shape index (κ1) is 71.7. The Bertz CT molecular complexity index is 1450. The number of hydrogen-bond acceptors (Lipinski definition) is 7. The molecule has 9 nitrogen and oxygen atoms in total. The molecule has 0 spiro atoms. The van der Waals surface area contributed by atoms with Crippen molar-refractivity contribution in [3.8, 4) is 0 Å². The molecule has 0 aromatic rings. The average Bonchev–Trinajstić information content (AvgIpc) is 3.36. The molecular weight excluding hydrogens is 940 g/mol. The van der Waals surface area contributed by atoms with Crippen molar-refractivity contribution >= 4 is 19.7 Å². The lowest BCUT2D eigenvalue weighted by Crippen LogP contribution is -2.47. The topological polar surface area (TPSA) is 114 Å². The number of nitrogens with zero attached hydrogens (tertiary/aromatic N) is 1. The Kier molecular flexibility index (Phi) is 52.4. The van der Waals surface area contributed by atoms with Gasteiger partial charge in [0.15, 0.2) is 0 Å². The summed E-state index contributed by atoms with van der Waals surface area (Å²) in [4.78, 5) is 40.0. The Labute approximate surface area is 458 Å². The van der Waals surface area contributed by atoms with Gasteiger partial charge in [0.2, 0.25) is 5.91 Å². The molecule has 1 amide bonds. The Balaban J connectivity index is 5.29. The molecule has 0 bridgehead atoms. The fourth-order valence-corrected chi connectivity index (χ4v) is 9.61. The van der Waals surface area contributed by atoms with Gasteiger partial charge in [-0.25, -0.2) is 0 Å². The van der Waals surface area contributed by atoms with Gasteiger partial charge in [-0.15, -0.1) is 0 Å². The number of phosphoric ester groups is 1. The zero-order valence-corrected chi connectivity index (χ0v) is 50.2. The van der Waals surface area contributed by atoms with Crippen molar-refractivity contribution in [1.82, 2.24) is 5.32 Å². The molecule has 0 aliphatic heterocycles. The van der Waals surface area contributed by atoms with Crippen LogP contribution in [0.25, 0.3) is 0 Å². The van der Waals surface area contributed by atoms with E-state index in [1.165, 1.54) is 148 Å². The minimum Gasteiger partial charge on any atom is -0.756 e. The van der Waals surface area contributed by atoms with E-state index in [1.807, 2.05) is 33.3 Å². The molecule has 432 valence electrons. The van der Waals surface area contributed by atoms with Gasteiger partial charge in [0.25, 0.3) is 7.82 Å². The van der Waals surface area contributed by atoms with Crippen LogP contribution in [0.15, 0.2) is 60.8 Å². The summed E-state index contributed by atoms with van der Waals surface area (Å²) in [6, 6.07) is -0.896. The lowest BCUT2D eigenvalue weighted by Gasteiger charge is -2.30. The standard InChI is InChI=1S/C64H119N2O7P/c1-7-10-13-16-19-22-25-28-30-32-33-34-36-39-42-45-48-51-54-57-64(68)73-62(55-52-49-46-43-40-37-27-24-21-18-15-12-9-3)61(60-72-74(69,70)71-59-58-66(4,5)6)65-63(67)56-53-50-47-44-41-38-35-31-29-26-23-20-17-14-11-8-2/h11,14,20,23,28-31,52,55,61-62H,7-10,12-13,15-19,21-22,24-27,32-51,53-54,56-60H2,1-6H3,(H-,65,67,69,70)/b14-11+,23-20+,30-28+,31-29+,55-52+. The van der Waals surface area contributed by atoms with Crippen LogP contribution < -0.4 is 10.2 Å². The molecule has 10 heteroatoms. The Morgan fingerprint density at radius 3 is 1.31 bits per heavy atom. The number of quaternary nitrogens is 1. The quantitative estimate of drug-likeness (QED) is 0.0212. The molecule has 0 radical (unpaired) electrons. The van der Waals surface area contributed by atoms with Crippen molar-refractivity contribution in [2.45, 2.75) is 296 Å². The summed E-state index contributed by atoms with van der Waals surface area (Å²) in [6.07, 6.45) is 67.5. The maximum atomic E-state index is 13.5. The van der Waals surface area contributed by atoms with Gasteiger partial charge in [0, 0.05) is 12.8 Å². The Morgan fingerprint density at radius 2 is 0.865 bits per heavy atom. The number of unbranched alkanes of at least 4 members (excludes halogenated alkanes) is 32. The maximum Gasteiger partial charge on any atom is 0.306 e. The van der Waals surface area contributed by atoms with E-state index in [4.69, 9.17) is 13.8 Å². The monoisotopic (exact) mass is 1060 g/mol. The minimum absolute atomic E-state index is 0.0262. The minimum atomic E-state index is -4.70. The number of phosphoric acid groups is 1. The summed E-state index contributed by atoms with van der Waals surface area (Å²) in [5.41, 5.74) is 0. The maximum absolute atomic E-state index is 13.5. The van der Waals surface area contributed by atoms with E-state index in [1.54, 1.807) is 0 Å². The van der Waals surface area contributed by atoms with Crippen LogP contribution >= 0.6 is 7.82 Å². The number of carbonyl (C=O) groups excluding carboxylic acids is 2. The van der Waals surface area contributed by atoms with Crippen molar-refractivity contribution in [3.05, 3.63) is 60.8 Å². The number of esters is 1. The van der Waals surface area contributed by atoms with Gasteiger partial charge in [-0.05, 0) is 89.5 Å². The summed E-state index contributed by atoms with van der Waals surface area (Å²) in [6.45, 7) is 6.73. The van der Waals surface area contributed by atoms with Gasteiger partial charge in [-0.3, -0.25) is 14.2 Å². The van der Waals surface area contributed by atoms with Crippen LogP contribution in [0, 0.1) is 0 Å². The predicted octanol–water partition coefficient (Wildman–Crippen LogP) is 18.4. The van der Waals surface area contributed by atoms with Gasteiger partial charge < -0.3 is 28.5 Å². The molecule has 0 saturated heterocycles. The van der Waals surface area contributed by atoms with E-state index < -0.39 is 26.6 Å². The SMILES string of the molecule is CC/C=C/C/C=C/C/C=C/CCCCCCCCC(=O)NC(COP(=O)([O-])OCC[N+](C)(C)C)C(/C=C/CCCCCCCCCCCCC)OC(=O)CCCCCCCCCCC/C=C/CCCCCCCC. The number of ether oxygens (including phenoxy) is 1. The number of likely N-dealkylation sites (N-methyl/N-ethyl adjacent to an activating group) is 1. The normalized spacial score (nSPS) is 14.1. The van der Waals surface area contributed by atoms with E-state index >= 15 is 0 Å². The second-order valence-corrected chi connectivity index (χ2v) is 23.6. The lowest BCUT2D eigenvalue weighted by molar-refractivity contribution is -0.870. The zero-order chi connectivity index (χ0) is 54.3. The van der Waals surface area contributed by atoms with Crippen molar-refractivity contribution in [2.75, 3.05) is 40.9 Å². The molecule has 3 unspecified atom stereocenters. The van der Waals surface area contributed by atoms with Crippen LogP contribution in [0.3, 0.4) is 0 Å². The van der Waals surface area contributed by atoms with Gasteiger partial charge >= 0.3 is 5.97 Å². The third-order valence-electron chi connectivity index (χ3n) is 13.7. The summed E-state index contributed by atoms with van der Waals surface area (Å²) in [7, 11) is 1.17. The van der Waals surface area contributed by atoms with E-state index in [-0.39, 0.29) is 24.9 Å². The fourth-order valence-electron chi connectivity index (χ4n) is 8.88. The van der Waals surface area contributed by atoms with E-state index in [0.717, 1.165) is 103 Å². The Hall–Kier alpha value is -2.29. The first-order valence-corrected chi connectivity index (χ1v) is 32.6. The zero-order valence-electron chi connectivity index (χ0n) is 49.3. The molecule has 0 aliphatic carbocycles. The molecule has 3 atom stereocenters. The largest absolute Gasteiger partial charge is 0.756 e. The van der Waals surface area contributed by atoms with E-state index in [2.05, 4.69) is 74.7 Å². The molecule has 1 N–H and O–H groups in total. The fraction of sp³-hybridized carbons (Fsp3) is 0.812. The number of hydrogen-bond donors (Lipinski definition) is 1. The number of amides is 1. The highest BCUT2D eigenvalue weighted by Gasteiger charge is 2.27. The lowest BCUT2D eigenvalue weighted by atomic mass is 10.0. The second kappa shape index (κ2) is 54.1. The molecule has 0 saturated carbocycles. The molecule has 74 heavy (non-hydrogen) atoms. The van der Waals surface area contributed by atoms with Crippen molar-refractivity contribution in [2.24, 2.45) is 0 Å². The van der Waals surface area contributed by atoms with Crippen LogP contribution in [0.5, 0.6) is 0 Å². The third-order valence-corrected chi connectivity index (χ3v) is 14.6. The second-order valence-electron chi connectivity index (χ2n) is 22.2. The van der Waals surface area contributed by atoms with Crippen LogP contribution in [-0.4, -0.2) is 69.4 Å². The average molecular weight is 1060 g/mol. The molecule has 0 aliphatic rings. The Morgan fingerprint density at radius 1 is 0.486 bits per heavy atom. The van der Waals surface area contributed by atoms with Crippen LogP contribution in [-0.2, 0) is 27.9 Å². The molecule has 0 aromatic carbocycles. The number of rotatable bonds is 56. The summed E-state index contributed by atoms with van der Waals surface area (Å²) in [5, 5.41) is 3.02. The third kappa shape index (κ3) is 54.5. The summed E-state index contributed by atoms with van der Waals surface area (Å²) in [5.74, 6) is -0.553. The van der Waals surface area contributed by atoms with Crippen LogP contribution in [0.1, 0.15) is 284 Å². The van der Waals surface area contributed by atoms with Gasteiger partial charge in [0.1, 0.15) is 19.3 Å². The van der Waals surface area contributed by atoms with Crippen molar-refractivity contribution in [3.63, 3.8) is 0 Å². The smallest absolute Gasteiger partial charge is 0.306 e. The first-order chi connectivity index (χ1) is 35.9. The molecule has 0 aromatic heterocycles. The highest BCUT2D eigenvalue weighted by Crippen LogP contribution is 2.38. The molecule has 0 rings (SSSR count). The van der Waals surface area contributed by atoms with Crippen molar-refractivity contribution in [1.29, 1.82) is 0 Å². The first-order valence-electron chi connectivity index (χ1n) is 31.1. The summed E-state index contributed by atoms with van der Waals surface area (Å²) < 4.78 is 30.3. The molecular formula is C64H119N2O7P. The van der Waals surface area contributed by atoms with E-state index in [0.29, 0.717) is 17.4 Å². The van der Waals surface area contributed by atoms with Crippen molar-refractivity contribution < 1.29 is 37.3 Å². The van der Waals surface area contributed by atoms with Gasteiger partial charge in [-0.1, -0.05) is 242 Å². The van der Waals surface area contributed by atoms with Gasteiger partial charge in [0.05, 0.1) is 33.8 Å². The molecule has 0 fully saturated rings. The number of carbonyl (C=O) groups is 2. The van der Waals surface area contributed by atoms with E-state index in [9.17, 15) is 19.0 Å². The number of allylic oxidation sites excluding steroid dienone is 9. The highest BCUT2D eigenvalue weighted by molar-refractivity contribution is 7.45. The predicted molar refractivity (Wildman–Crippen MR) is 316 cm³/mol. The molecule has 0 heterocycles. The van der Waals surface area contributed by atoms with Gasteiger partial charge in [-0.2, -0.15) is 0 Å². The summed E-state index contributed by atoms with van der Waals surface area (Å²) >= 11 is 0. The van der Waals surface area contributed by atoms with Crippen LogP contribution in [0.4, 0.5) is 0 Å². The highest BCUT2D eigenvalue weighted by atomic mass is 31.2. The number of nitrogens with one attached hydrogen (secondary N) is 1.